The molecular formula is C8H6FNO2S. The predicted octanol–water partition coefficient (Wildman–Crippen LogP) is 1.55. The summed E-state index contributed by atoms with van der Waals surface area (Å²) in [7, 11) is 0. The van der Waals surface area contributed by atoms with Gasteiger partial charge < -0.3 is 8.97 Å². The second-order valence-electron chi connectivity index (χ2n) is 2.54. The van der Waals surface area contributed by atoms with Crippen LogP contribution in [-0.2, 0) is 11.4 Å². The highest BCUT2D eigenvalue weighted by Gasteiger charge is 2.13. The van der Waals surface area contributed by atoms with Crippen LogP contribution < -0.4 is 5.14 Å². The van der Waals surface area contributed by atoms with E-state index >= 15 is 0 Å². The van der Waals surface area contributed by atoms with Gasteiger partial charge in [0.05, 0.1) is 0 Å². The minimum Gasteiger partial charge on any atom is -0.591 e. The number of halogens is 1. The van der Waals surface area contributed by atoms with Crippen LogP contribution in [0.5, 0.6) is 0 Å². The molecule has 13 heavy (non-hydrogen) atoms. The number of hydrogen-bond donors (Lipinski definition) is 1. The van der Waals surface area contributed by atoms with Crippen LogP contribution in [0.15, 0.2) is 33.8 Å². The molecule has 1 heterocycles. The molecule has 2 aromatic rings. The molecule has 1 unspecified atom stereocenters. The maximum absolute atomic E-state index is 12.7. The van der Waals surface area contributed by atoms with E-state index in [0.29, 0.717) is 11.0 Å². The van der Waals surface area contributed by atoms with Gasteiger partial charge in [-0.3, -0.25) is 0 Å². The molecular weight excluding hydrogens is 193 g/mol. The van der Waals surface area contributed by atoms with Crippen LogP contribution in [0.4, 0.5) is 4.39 Å². The smallest absolute Gasteiger partial charge is 0.333 e. The summed E-state index contributed by atoms with van der Waals surface area (Å²) < 4.78 is 28.6. The Morgan fingerprint density at radius 2 is 2.15 bits per heavy atom. The number of benzene rings is 1. The summed E-state index contributed by atoms with van der Waals surface area (Å²) in [6, 6.07) is 5.51. The Balaban J connectivity index is 2.62. The molecule has 0 bridgehead atoms. The first-order valence-corrected chi connectivity index (χ1v) is 4.73. The van der Waals surface area contributed by atoms with Gasteiger partial charge in [0, 0.05) is 11.5 Å². The van der Waals surface area contributed by atoms with Crippen LogP contribution in [0.25, 0.3) is 11.0 Å². The average Bonchev–Trinajstić information content (AvgIpc) is 2.46. The molecule has 0 amide bonds. The number of rotatable bonds is 1. The van der Waals surface area contributed by atoms with Crippen molar-refractivity contribution in [3.05, 3.63) is 30.1 Å². The van der Waals surface area contributed by atoms with Crippen molar-refractivity contribution in [3.63, 3.8) is 0 Å². The molecule has 0 saturated heterocycles. The fourth-order valence-electron chi connectivity index (χ4n) is 1.09. The molecule has 0 aliphatic rings. The lowest BCUT2D eigenvalue weighted by atomic mass is 10.2. The minimum absolute atomic E-state index is 0.153. The van der Waals surface area contributed by atoms with Crippen LogP contribution in [0.3, 0.4) is 0 Å². The molecule has 1 atom stereocenters. The number of hydrogen-bond acceptors (Lipinski definition) is 3. The lowest BCUT2D eigenvalue weighted by Gasteiger charge is -1.94. The lowest BCUT2D eigenvalue weighted by Crippen LogP contribution is -2.10. The van der Waals surface area contributed by atoms with E-state index in [-0.39, 0.29) is 10.9 Å². The third-order valence-electron chi connectivity index (χ3n) is 1.65. The van der Waals surface area contributed by atoms with Crippen molar-refractivity contribution in [2.75, 3.05) is 0 Å². The maximum Gasteiger partial charge on any atom is 0.333 e. The molecule has 0 fully saturated rings. The summed E-state index contributed by atoms with van der Waals surface area (Å²) in [5, 5.41) is 5.82. The molecule has 5 heteroatoms. The summed E-state index contributed by atoms with van der Waals surface area (Å²) in [5.74, 6) is -0.359. The summed E-state index contributed by atoms with van der Waals surface area (Å²) in [4.78, 5) is 0. The van der Waals surface area contributed by atoms with E-state index in [1.807, 2.05) is 0 Å². The van der Waals surface area contributed by atoms with Gasteiger partial charge in [0.25, 0.3) is 0 Å². The highest BCUT2D eigenvalue weighted by molar-refractivity contribution is 7.89. The van der Waals surface area contributed by atoms with E-state index in [9.17, 15) is 8.94 Å². The standard InChI is InChI=1S/C8H6FNO2S/c9-6-1-2-7-5(3-6)4-8(12-7)13(10)11/h1-4H,10H2. The summed E-state index contributed by atoms with van der Waals surface area (Å²) >= 11 is -1.66. The maximum atomic E-state index is 12.7. The van der Waals surface area contributed by atoms with E-state index < -0.39 is 11.4 Å². The van der Waals surface area contributed by atoms with Gasteiger partial charge in [-0.05, 0) is 18.2 Å². The molecule has 1 aromatic carbocycles. The molecule has 68 valence electrons. The van der Waals surface area contributed by atoms with E-state index in [1.54, 1.807) is 0 Å². The van der Waals surface area contributed by atoms with Crippen LogP contribution >= 0.6 is 0 Å². The van der Waals surface area contributed by atoms with Crippen LogP contribution in [0.1, 0.15) is 0 Å². The van der Waals surface area contributed by atoms with Crippen molar-refractivity contribution in [1.29, 1.82) is 0 Å². The van der Waals surface area contributed by atoms with E-state index in [4.69, 9.17) is 9.56 Å². The zero-order valence-corrected chi connectivity index (χ0v) is 7.31. The first-order valence-electron chi connectivity index (χ1n) is 3.52. The molecule has 2 rings (SSSR count). The molecule has 1 aromatic heterocycles. The largest absolute Gasteiger partial charge is 0.591 e. The van der Waals surface area contributed by atoms with E-state index in [2.05, 4.69) is 0 Å². The highest BCUT2D eigenvalue weighted by Crippen LogP contribution is 2.22. The monoisotopic (exact) mass is 199 g/mol. The fraction of sp³-hybridized carbons (Fsp3) is 0. The van der Waals surface area contributed by atoms with Crippen LogP contribution in [0.2, 0.25) is 0 Å². The van der Waals surface area contributed by atoms with E-state index in [0.717, 1.165) is 0 Å². The predicted molar refractivity (Wildman–Crippen MR) is 46.8 cm³/mol. The minimum atomic E-state index is -1.66. The van der Waals surface area contributed by atoms with Crippen molar-refractivity contribution in [3.8, 4) is 0 Å². The zero-order valence-electron chi connectivity index (χ0n) is 6.49. The Hall–Kier alpha value is -1.04. The summed E-state index contributed by atoms with van der Waals surface area (Å²) in [6.45, 7) is 0. The Labute approximate surface area is 76.6 Å². The molecule has 0 saturated carbocycles. The summed E-state index contributed by atoms with van der Waals surface area (Å²) in [6.07, 6.45) is 0. The molecule has 0 spiro atoms. The third-order valence-corrected chi connectivity index (χ3v) is 2.25. The van der Waals surface area contributed by atoms with E-state index in [1.165, 1.54) is 24.3 Å². The van der Waals surface area contributed by atoms with Gasteiger partial charge in [-0.25, -0.2) is 4.39 Å². The number of nitrogens with two attached hydrogens (primary N) is 1. The molecule has 2 N–H and O–H groups in total. The highest BCUT2D eigenvalue weighted by atomic mass is 32.2. The summed E-state index contributed by atoms with van der Waals surface area (Å²) in [5.41, 5.74) is 0.482. The lowest BCUT2D eigenvalue weighted by molar-refractivity contribution is 0.482. The number of fused-ring (bicyclic) bond motifs is 1. The van der Waals surface area contributed by atoms with Gasteiger partial charge in [0.15, 0.2) is 0 Å². The van der Waals surface area contributed by atoms with Gasteiger partial charge >= 0.3 is 5.09 Å². The Morgan fingerprint density at radius 3 is 2.85 bits per heavy atom. The number of furan rings is 1. The second-order valence-corrected chi connectivity index (χ2v) is 3.54. The fourth-order valence-corrected chi connectivity index (χ4v) is 1.50. The van der Waals surface area contributed by atoms with Gasteiger partial charge in [-0.1, -0.05) is 0 Å². The SMILES string of the molecule is N[S+]([O-])c1cc2cc(F)ccc2o1. The first-order chi connectivity index (χ1) is 6.16. The molecule has 0 radical (unpaired) electrons. The average molecular weight is 199 g/mol. The second kappa shape index (κ2) is 3.02. The topological polar surface area (TPSA) is 62.2 Å². The quantitative estimate of drug-likeness (QED) is 0.709. The van der Waals surface area contributed by atoms with Crippen molar-refractivity contribution < 1.29 is 13.4 Å². The third kappa shape index (κ3) is 1.53. The Kier molecular flexibility index (Phi) is 1.99. The molecule has 3 nitrogen and oxygen atoms in total. The van der Waals surface area contributed by atoms with Gasteiger partial charge in [0.1, 0.15) is 22.8 Å². The van der Waals surface area contributed by atoms with Crippen LogP contribution in [-0.4, -0.2) is 4.55 Å². The zero-order chi connectivity index (χ0) is 9.42. The molecule has 0 aliphatic heterocycles. The van der Waals surface area contributed by atoms with Gasteiger partial charge in [0.2, 0.25) is 0 Å². The van der Waals surface area contributed by atoms with Crippen molar-refractivity contribution in [2.24, 2.45) is 5.14 Å². The Morgan fingerprint density at radius 1 is 1.38 bits per heavy atom. The van der Waals surface area contributed by atoms with Crippen molar-refractivity contribution >= 4 is 22.3 Å². The molecule has 0 aliphatic carbocycles. The first kappa shape index (κ1) is 8.55. The van der Waals surface area contributed by atoms with Gasteiger partial charge in [-0.15, -0.1) is 5.14 Å². The van der Waals surface area contributed by atoms with Gasteiger partial charge in [-0.2, -0.15) is 0 Å². The van der Waals surface area contributed by atoms with Crippen LogP contribution in [0, 0.1) is 5.82 Å². The van der Waals surface area contributed by atoms with Crippen molar-refractivity contribution in [2.45, 2.75) is 5.09 Å². The normalized spacial score (nSPS) is 13.5. The van der Waals surface area contributed by atoms with Crippen molar-refractivity contribution in [1.82, 2.24) is 0 Å². The Bertz CT molecular complexity index is 441.